The van der Waals surface area contributed by atoms with E-state index in [1.54, 1.807) is 24.2 Å². The van der Waals surface area contributed by atoms with Crippen LogP contribution in [0.15, 0.2) is 29.4 Å². The second-order valence-electron chi connectivity index (χ2n) is 5.04. The molecule has 0 atom stereocenters. The van der Waals surface area contributed by atoms with E-state index >= 15 is 0 Å². The van der Waals surface area contributed by atoms with Crippen LogP contribution in [0.3, 0.4) is 0 Å². The second kappa shape index (κ2) is 8.27. The van der Waals surface area contributed by atoms with E-state index in [9.17, 15) is 4.79 Å². The molecule has 1 N–H and O–H groups in total. The Bertz CT molecular complexity index is 407. The summed E-state index contributed by atoms with van der Waals surface area (Å²) in [6.45, 7) is 5.06. The summed E-state index contributed by atoms with van der Waals surface area (Å²) in [5.74, 6) is 0.786. The van der Waals surface area contributed by atoms with E-state index in [2.05, 4.69) is 22.1 Å². The van der Waals surface area contributed by atoms with Crippen LogP contribution in [0.4, 0.5) is 0 Å². The fraction of sp³-hybridized carbons (Fsp3) is 0.600. The van der Waals surface area contributed by atoms with Crippen LogP contribution in [0.5, 0.6) is 0 Å². The molecule has 1 aromatic rings. The number of carbonyl (C=O) groups excluding carboxylic acids is 1. The molecule has 0 aliphatic carbocycles. The summed E-state index contributed by atoms with van der Waals surface area (Å²) in [4.78, 5) is 19.7. The van der Waals surface area contributed by atoms with Crippen LogP contribution in [0, 0.1) is 0 Å². The van der Waals surface area contributed by atoms with Gasteiger partial charge in [-0.3, -0.25) is 9.78 Å². The number of carbonyl (C=O) groups is 1. The molecule has 4 nitrogen and oxygen atoms in total. The molecule has 1 fully saturated rings. The molecule has 1 aromatic heterocycles. The molecule has 0 bridgehead atoms. The Morgan fingerprint density at radius 3 is 2.75 bits per heavy atom. The lowest BCUT2D eigenvalue weighted by molar-refractivity contribution is -0.131. The number of aromatic nitrogens is 1. The summed E-state index contributed by atoms with van der Waals surface area (Å²) >= 11 is 1.60. The molecule has 0 radical (unpaired) electrons. The van der Waals surface area contributed by atoms with Crippen molar-refractivity contribution in [2.75, 3.05) is 25.4 Å². The summed E-state index contributed by atoms with van der Waals surface area (Å²) in [6.07, 6.45) is 6.71. The number of amides is 1. The maximum Gasteiger partial charge on any atom is 0.233 e. The first-order valence-corrected chi connectivity index (χ1v) is 8.33. The van der Waals surface area contributed by atoms with E-state index in [4.69, 9.17) is 0 Å². The number of thioether (sulfide) groups is 1. The minimum absolute atomic E-state index is 0.264. The Labute approximate surface area is 125 Å². The molecule has 5 heteroatoms. The van der Waals surface area contributed by atoms with E-state index in [1.165, 1.54) is 0 Å². The number of pyridine rings is 1. The maximum absolute atomic E-state index is 12.5. The number of hydrogen-bond donors (Lipinski definition) is 1. The maximum atomic E-state index is 12.5. The highest BCUT2D eigenvalue weighted by atomic mass is 32.2. The van der Waals surface area contributed by atoms with E-state index < -0.39 is 0 Å². The van der Waals surface area contributed by atoms with Gasteiger partial charge in [0.05, 0.1) is 5.75 Å². The fourth-order valence-electron chi connectivity index (χ4n) is 2.53. The van der Waals surface area contributed by atoms with Crippen molar-refractivity contribution < 1.29 is 4.79 Å². The standard InChI is InChI=1S/C15H23N3OS/c1-2-11-18(13-3-7-16-8-4-13)15(19)12-20-14-5-9-17-10-6-14/h5-6,9-10,13,16H,2-4,7-8,11-12H2,1H3. The molecule has 110 valence electrons. The van der Waals surface area contributed by atoms with Gasteiger partial charge in [-0.25, -0.2) is 0 Å². The smallest absolute Gasteiger partial charge is 0.233 e. The average Bonchev–Trinajstić information content (AvgIpc) is 2.52. The molecule has 0 spiro atoms. The summed E-state index contributed by atoms with van der Waals surface area (Å²) in [6, 6.07) is 4.32. The molecule has 1 aliphatic heterocycles. The SMILES string of the molecule is CCCN(C(=O)CSc1ccncc1)C1CCNCC1. The van der Waals surface area contributed by atoms with Crippen molar-refractivity contribution in [1.29, 1.82) is 0 Å². The first-order chi connectivity index (χ1) is 9.81. The van der Waals surface area contributed by atoms with Gasteiger partial charge in [0.15, 0.2) is 0 Å². The predicted octanol–water partition coefficient (Wildman–Crippen LogP) is 2.16. The van der Waals surface area contributed by atoms with Crippen molar-refractivity contribution in [2.45, 2.75) is 37.1 Å². The van der Waals surface area contributed by atoms with Gasteiger partial charge in [0, 0.05) is 29.9 Å². The number of piperidine rings is 1. The second-order valence-corrected chi connectivity index (χ2v) is 6.09. The fourth-order valence-corrected chi connectivity index (χ4v) is 3.30. The molecule has 1 aliphatic rings. The highest BCUT2D eigenvalue weighted by Crippen LogP contribution is 2.19. The van der Waals surface area contributed by atoms with Crippen LogP contribution in [0.1, 0.15) is 26.2 Å². The van der Waals surface area contributed by atoms with Gasteiger partial charge in [-0.1, -0.05) is 6.92 Å². The van der Waals surface area contributed by atoms with Crippen molar-refractivity contribution in [3.05, 3.63) is 24.5 Å². The van der Waals surface area contributed by atoms with E-state index in [0.29, 0.717) is 11.8 Å². The van der Waals surface area contributed by atoms with Crippen molar-refractivity contribution in [3.63, 3.8) is 0 Å². The van der Waals surface area contributed by atoms with Crippen LogP contribution < -0.4 is 5.32 Å². The predicted molar refractivity (Wildman–Crippen MR) is 82.9 cm³/mol. The molecule has 0 saturated carbocycles. The first-order valence-electron chi connectivity index (χ1n) is 7.34. The van der Waals surface area contributed by atoms with Crippen LogP contribution >= 0.6 is 11.8 Å². The Balaban J connectivity index is 1.89. The van der Waals surface area contributed by atoms with Crippen molar-refractivity contribution in [1.82, 2.24) is 15.2 Å². The number of nitrogens with one attached hydrogen (secondary N) is 1. The van der Waals surface area contributed by atoms with Gasteiger partial charge >= 0.3 is 0 Å². The quantitative estimate of drug-likeness (QED) is 0.817. The highest BCUT2D eigenvalue weighted by molar-refractivity contribution is 8.00. The largest absolute Gasteiger partial charge is 0.339 e. The summed E-state index contributed by atoms with van der Waals surface area (Å²) < 4.78 is 0. The lowest BCUT2D eigenvalue weighted by atomic mass is 10.0. The third kappa shape index (κ3) is 4.49. The first kappa shape index (κ1) is 15.3. The summed E-state index contributed by atoms with van der Waals surface area (Å²) in [5, 5.41) is 3.36. The van der Waals surface area contributed by atoms with Gasteiger partial charge in [0.25, 0.3) is 0 Å². The third-order valence-corrected chi connectivity index (χ3v) is 4.54. The molecule has 1 saturated heterocycles. The number of nitrogens with zero attached hydrogens (tertiary/aromatic N) is 2. The minimum atomic E-state index is 0.264. The van der Waals surface area contributed by atoms with E-state index in [-0.39, 0.29) is 5.91 Å². The van der Waals surface area contributed by atoms with Gasteiger partial charge in [0.1, 0.15) is 0 Å². The monoisotopic (exact) mass is 293 g/mol. The van der Waals surface area contributed by atoms with Crippen molar-refractivity contribution in [3.8, 4) is 0 Å². The van der Waals surface area contributed by atoms with Crippen molar-refractivity contribution >= 4 is 17.7 Å². The Hall–Kier alpha value is -1.07. The molecule has 20 heavy (non-hydrogen) atoms. The molecule has 2 heterocycles. The Morgan fingerprint density at radius 2 is 2.10 bits per heavy atom. The lowest BCUT2D eigenvalue weighted by Crippen LogP contribution is -2.47. The van der Waals surface area contributed by atoms with Gasteiger partial charge in [-0.15, -0.1) is 11.8 Å². The number of hydrogen-bond acceptors (Lipinski definition) is 4. The van der Waals surface area contributed by atoms with Gasteiger partial charge < -0.3 is 10.2 Å². The number of rotatable bonds is 6. The van der Waals surface area contributed by atoms with Crippen LogP contribution in [-0.2, 0) is 4.79 Å². The summed E-state index contributed by atoms with van der Waals surface area (Å²) in [7, 11) is 0. The molecular formula is C15H23N3OS. The van der Waals surface area contributed by atoms with Crippen LogP contribution in [-0.4, -0.2) is 47.2 Å². The normalized spacial score (nSPS) is 16.1. The van der Waals surface area contributed by atoms with E-state index in [0.717, 1.165) is 43.8 Å². The average molecular weight is 293 g/mol. The third-order valence-electron chi connectivity index (χ3n) is 3.55. The molecule has 2 rings (SSSR count). The molecular weight excluding hydrogens is 270 g/mol. The zero-order valence-corrected chi connectivity index (χ0v) is 12.9. The van der Waals surface area contributed by atoms with Crippen molar-refractivity contribution in [2.24, 2.45) is 0 Å². The topological polar surface area (TPSA) is 45.2 Å². The molecule has 0 unspecified atom stereocenters. The minimum Gasteiger partial charge on any atom is -0.339 e. The molecule has 1 amide bonds. The van der Waals surface area contributed by atoms with Gasteiger partial charge in [-0.2, -0.15) is 0 Å². The highest BCUT2D eigenvalue weighted by Gasteiger charge is 2.24. The van der Waals surface area contributed by atoms with Gasteiger partial charge in [0.2, 0.25) is 5.91 Å². The Morgan fingerprint density at radius 1 is 1.40 bits per heavy atom. The summed E-state index contributed by atoms with van der Waals surface area (Å²) in [5.41, 5.74) is 0. The van der Waals surface area contributed by atoms with Crippen LogP contribution in [0.2, 0.25) is 0 Å². The molecule has 0 aromatic carbocycles. The zero-order valence-electron chi connectivity index (χ0n) is 12.0. The Kier molecular flexibility index (Phi) is 6.33. The lowest BCUT2D eigenvalue weighted by Gasteiger charge is -2.34. The van der Waals surface area contributed by atoms with Gasteiger partial charge in [-0.05, 0) is 44.5 Å². The zero-order chi connectivity index (χ0) is 14.2. The van der Waals surface area contributed by atoms with Crippen LogP contribution in [0.25, 0.3) is 0 Å². The van der Waals surface area contributed by atoms with E-state index in [1.807, 2.05) is 12.1 Å².